The van der Waals surface area contributed by atoms with Crippen molar-refractivity contribution < 1.29 is 9.31 Å². The van der Waals surface area contributed by atoms with E-state index in [4.69, 9.17) is 5.26 Å². The molecule has 0 amide bonds. The monoisotopic (exact) mass is 285 g/mol. The van der Waals surface area contributed by atoms with Gasteiger partial charge in [-0.3, -0.25) is 10.1 Å². The van der Waals surface area contributed by atoms with Gasteiger partial charge < -0.3 is 5.32 Å². The summed E-state index contributed by atoms with van der Waals surface area (Å²) in [6.07, 6.45) is 0.407. The largest absolute Gasteiger partial charge is 0.379 e. The smallest absolute Gasteiger partial charge is 0.293 e. The van der Waals surface area contributed by atoms with E-state index >= 15 is 0 Å². The number of nitriles is 1. The molecule has 0 unspecified atom stereocenters. The first-order valence-corrected chi connectivity index (χ1v) is 6.27. The van der Waals surface area contributed by atoms with Crippen molar-refractivity contribution in [3.8, 4) is 6.07 Å². The van der Waals surface area contributed by atoms with E-state index in [0.717, 1.165) is 0 Å². The lowest BCUT2D eigenvalue weighted by Gasteiger charge is -2.08. The van der Waals surface area contributed by atoms with Crippen LogP contribution in [0.25, 0.3) is 0 Å². The van der Waals surface area contributed by atoms with Crippen molar-refractivity contribution in [3.63, 3.8) is 0 Å². The normalized spacial score (nSPS) is 9.90. The highest BCUT2D eigenvalue weighted by molar-refractivity contribution is 5.64. The van der Waals surface area contributed by atoms with Crippen LogP contribution in [0.5, 0.6) is 0 Å². The number of benzene rings is 2. The molecule has 0 aromatic heterocycles. The van der Waals surface area contributed by atoms with Gasteiger partial charge >= 0.3 is 0 Å². The van der Waals surface area contributed by atoms with E-state index in [2.05, 4.69) is 5.32 Å². The predicted molar refractivity (Wildman–Crippen MR) is 76.4 cm³/mol. The van der Waals surface area contributed by atoms with Crippen LogP contribution in [-0.2, 0) is 6.42 Å². The molecular formula is C15H12FN3O2. The number of nitrogens with zero attached hydrogens (tertiary/aromatic N) is 2. The highest BCUT2D eigenvalue weighted by Crippen LogP contribution is 2.25. The van der Waals surface area contributed by atoms with Crippen molar-refractivity contribution in [1.82, 2.24) is 0 Å². The summed E-state index contributed by atoms with van der Waals surface area (Å²) in [5, 5.41) is 22.6. The molecule has 21 heavy (non-hydrogen) atoms. The van der Waals surface area contributed by atoms with Crippen LogP contribution in [0.15, 0.2) is 42.5 Å². The number of rotatable bonds is 5. The molecule has 0 spiro atoms. The van der Waals surface area contributed by atoms with Crippen LogP contribution in [0.4, 0.5) is 15.8 Å². The quantitative estimate of drug-likeness (QED) is 0.675. The van der Waals surface area contributed by atoms with Crippen LogP contribution >= 0.6 is 0 Å². The number of nitro benzene ring substituents is 1. The predicted octanol–water partition coefficient (Wildman–Crippen LogP) is 3.26. The van der Waals surface area contributed by atoms with E-state index in [0.29, 0.717) is 24.2 Å². The van der Waals surface area contributed by atoms with E-state index in [1.165, 1.54) is 24.3 Å². The van der Waals surface area contributed by atoms with Gasteiger partial charge in [0.25, 0.3) is 5.69 Å². The van der Waals surface area contributed by atoms with Gasteiger partial charge in [0, 0.05) is 12.6 Å². The fourth-order valence-corrected chi connectivity index (χ4v) is 1.93. The highest BCUT2D eigenvalue weighted by Gasteiger charge is 2.14. The molecule has 0 aliphatic heterocycles. The SMILES string of the molecule is N#Cc1ccc(NCCc2ccccc2F)c([N+](=O)[O-])c1. The zero-order valence-corrected chi connectivity index (χ0v) is 11.0. The van der Waals surface area contributed by atoms with Gasteiger partial charge in [0.15, 0.2) is 0 Å². The first kappa shape index (κ1) is 14.5. The summed E-state index contributed by atoms with van der Waals surface area (Å²) in [7, 11) is 0. The van der Waals surface area contributed by atoms with Crippen molar-refractivity contribution in [1.29, 1.82) is 5.26 Å². The van der Waals surface area contributed by atoms with Gasteiger partial charge in [-0.2, -0.15) is 5.26 Å². The van der Waals surface area contributed by atoms with Gasteiger partial charge in [0.2, 0.25) is 0 Å². The van der Waals surface area contributed by atoms with Crippen molar-refractivity contribution in [2.75, 3.05) is 11.9 Å². The molecule has 2 aromatic carbocycles. The molecule has 0 saturated heterocycles. The standard InChI is InChI=1S/C15H12FN3O2/c16-13-4-2-1-3-12(13)7-8-18-14-6-5-11(10-17)9-15(14)19(20)21/h1-6,9,18H,7-8H2. The Kier molecular flexibility index (Phi) is 4.46. The summed E-state index contributed by atoms with van der Waals surface area (Å²) in [6, 6.07) is 12.4. The van der Waals surface area contributed by atoms with E-state index in [-0.39, 0.29) is 17.1 Å². The van der Waals surface area contributed by atoms with E-state index in [9.17, 15) is 14.5 Å². The molecular weight excluding hydrogens is 273 g/mol. The van der Waals surface area contributed by atoms with E-state index in [1.807, 2.05) is 6.07 Å². The Morgan fingerprint density at radius 1 is 1.29 bits per heavy atom. The van der Waals surface area contributed by atoms with Gasteiger partial charge in [0.1, 0.15) is 11.5 Å². The maximum atomic E-state index is 13.4. The van der Waals surface area contributed by atoms with Crippen LogP contribution in [-0.4, -0.2) is 11.5 Å². The Labute approximate surface area is 120 Å². The van der Waals surface area contributed by atoms with Gasteiger partial charge in [-0.25, -0.2) is 4.39 Å². The Bertz CT molecular complexity index is 710. The molecule has 0 aliphatic carbocycles. The Morgan fingerprint density at radius 3 is 2.71 bits per heavy atom. The minimum Gasteiger partial charge on any atom is -0.379 e. The summed E-state index contributed by atoms with van der Waals surface area (Å²) < 4.78 is 13.4. The number of hydrogen-bond donors (Lipinski definition) is 1. The second-order valence-electron chi connectivity index (χ2n) is 4.37. The molecule has 0 aliphatic rings. The molecule has 0 atom stereocenters. The molecule has 0 saturated carbocycles. The average Bonchev–Trinajstić information content (AvgIpc) is 2.49. The second-order valence-corrected chi connectivity index (χ2v) is 4.37. The van der Waals surface area contributed by atoms with Gasteiger partial charge in [-0.1, -0.05) is 18.2 Å². The second kappa shape index (κ2) is 6.48. The summed E-state index contributed by atoms with van der Waals surface area (Å²) >= 11 is 0. The molecule has 0 fully saturated rings. The molecule has 0 bridgehead atoms. The fraction of sp³-hybridized carbons (Fsp3) is 0.133. The maximum Gasteiger partial charge on any atom is 0.293 e. The zero-order chi connectivity index (χ0) is 15.2. The molecule has 2 rings (SSSR count). The topological polar surface area (TPSA) is 79.0 Å². The minimum absolute atomic E-state index is 0.164. The number of halogens is 1. The zero-order valence-electron chi connectivity index (χ0n) is 11.0. The molecule has 5 nitrogen and oxygen atoms in total. The summed E-state index contributed by atoms with van der Waals surface area (Å²) in [6.45, 7) is 0.355. The third kappa shape index (κ3) is 3.54. The molecule has 106 valence electrons. The highest BCUT2D eigenvalue weighted by atomic mass is 19.1. The number of anilines is 1. The number of hydrogen-bond acceptors (Lipinski definition) is 4. The minimum atomic E-state index is -0.549. The fourth-order valence-electron chi connectivity index (χ4n) is 1.93. The van der Waals surface area contributed by atoms with E-state index < -0.39 is 4.92 Å². The maximum absolute atomic E-state index is 13.4. The Balaban J connectivity index is 2.08. The number of nitrogens with one attached hydrogen (secondary N) is 1. The lowest BCUT2D eigenvalue weighted by molar-refractivity contribution is -0.384. The van der Waals surface area contributed by atoms with Crippen molar-refractivity contribution >= 4 is 11.4 Å². The first-order chi connectivity index (χ1) is 10.1. The van der Waals surface area contributed by atoms with Gasteiger partial charge in [-0.05, 0) is 30.2 Å². The summed E-state index contributed by atoms with van der Waals surface area (Å²) in [4.78, 5) is 10.4. The lowest BCUT2D eigenvalue weighted by atomic mass is 10.1. The van der Waals surface area contributed by atoms with Crippen molar-refractivity contribution in [3.05, 3.63) is 69.5 Å². The summed E-state index contributed by atoms with van der Waals surface area (Å²) in [5.41, 5.74) is 0.917. The lowest BCUT2D eigenvalue weighted by Crippen LogP contribution is -2.08. The van der Waals surface area contributed by atoms with Crippen molar-refractivity contribution in [2.24, 2.45) is 0 Å². The van der Waals surface area contributed by atoms with E-state index in [1.54, 1.807) is 18.2 Å². The molecule has 2 aromatic rings. The Morgan fingerprint density at radius 2 is 2.05 bits per heavy atom. The summed E-state index contributed by atoms with van der Waals surface area (Å²) in [5.74, 6) is -0.298. The number of nitro groups is 1. The molecule has 1 N–H and O–H groups in total. The van der Waals surface area contributed by atoms with Crippen LogP contribution in [0.2, 0.25) is 0 Å². The third-order valence-corrected chi connectivity index (χ3v) is 2.99. The Hall–Kier alpha value is -2.94. The van der Waals surface area contributed by atoms with Gasteiger partial charge in [0.05, 0.1) is 16.6 Å². The third-order valence-electron chi connectivity index (χ3n) is 2.99. The average molecular weight is 285 g/mol. The van der Waals surface area contributed by atoms with Crippen LogP contribution in [0, 0.1) is 27.3 Å². The van der Waals surface area contributed by atoms with Crippen LogP contribution < -0.4 is 5.32 Å². The molecule has 0 heterocycles. The first-order valence-electron chi connectivity index (χ1n) is 6.27. The van der Waals surface area contributed by atoms with Gasteiger partial charge in [-0.15, -0.1) is 0 Å². The van der Waals surface area contributed by atoms with Crippen LogP contribution in [0.3, 0.4) is 0 Å². The van der Waals surface area contributed by atoms with Crippen LogP contribution in [0.1, 0.15) is 11.1 Å². The molecule has 6 heteroatoms. The van der Waals surface area contributed by atoms with Crippen molar-refractivity contribution in [2.45, 2.75) is 6.42 Å². The molecule has 0 radical (unpaired) electrons.